The molecular weight excluding hydrogens is 314 g/mol. The molecule has 0 radical (unpaired) electrons. The van der Waals surface area contributed by atoms with Crippen LogP contribution in [0.1, 0.15) is 0 Å². The number of rotatable bonds is 3. The molecule has 0 bridgehead atoms. The van der Waals surface area contributed by atoms with E-state index in [0.29, 0.717) is 5.95 Å². The molecule has 1 fully saturated rings. The van der Waals surface area contributed by atoms with Crippen LogP contribution in [0.5, 0.6) is 5.75 Å². The van der Waals surface area contributed by atoms with Gasteiger partial charge < -0.3 is 20.2 Å². The molecular formula is C19H21N5O. The highest BCUT2D eigenvalue weighted by atomic mass is 16.3. The van der Waals surface area contributed by atoms with E-state index in [1.165, 1.54) is 0 Å². The smallest absolute Gasteiger partial charge is 0.229 e. The molecule has 6 nitrogen and oxygen atoms in total. The van der Waals surface area contributed by atoms with Crippen molar-refractivity contribution in [3.05, 3.63) is 48.5 Å². The Balaban J connectivity index is 1.73. The first-order valence-electron chi connectivity index (χ1n) is 8.45. The number of aromatic hydroxyl groups is 1. The Kier molecular flexibility index (Phi) is 4.11. The van der Waals surface area contributed by atoms with Crippen molar-refractivity contribution in [3.63, 3.8) is 0 Å². The normalized spacial score (nSPS) is 15.5. The maximum absolute atomic E-state index is 9.65. The van der Waals surface area contributed by atoms with E-state index in [1.807, 2.05) is 24.3 Å². The van der Waals surface area contributed by atoms with E-state index >= 15 is 0 Å². The van der Waals surface area contributed by atoms with E-state index in [-0.39, 0.29) is 5.75 Å². The Labute approximate surface area is 146 Å². The van der Waals surface area contributed by atoms with Crippen molar-refractivity contribution in [2.24, 2.45) is 0 Å². The Morgan fingerprint density at radius 2 is 1.76 bits per heavy atom. The number of hydrogen-bond acceptors (Lipinski definition) is 6. The van der Waals surface area contributed by atoms with Crippen LogP contribution in [0.25, 0.3) is 10.9 Å². The largest absolute Gasteiger partial charge is 0.508 e. The molecule has 0 amide bonds. The van der Waals surface area contributed by atoms with Crippen LogP contribution in [-0.4, -0.2) is 53.2 Å². The molecule has 0 atom stereocenters. The van der Waals surface area contributed by atoms with Crippen LogP contribution in [0.4, 0.5) is 17.5 Å². The molecule has 4 rings (SSSR count). The summed E-state index contributed by atoms with van der Waals surface area (Å²) in [5.41, 5.74) is 1.67. The van der Waals surface area contributed by atoms with Crippen molar-refractivity contribution in [2.75, 3.05) is 43.4 Å². The summed E-state index contributed by atoms with van der Waals surface area (Å²) in [6.45, 7) is 3.94. The number of phenols is 1. The third kappa shape index (κ3) is 3.34. The van der Waals surface area contributed by atoms with Gasteiger partial charge in [-0.25, -0.2) is 4.98 Å². The van der Waals surface area contributed by atoms with E-state index in [1.54, 1.807) is 18.2 Å². The van der Waals surface area contributed by atoms with Crippen LogP contribution in [0.15, 0.2) is 48.5 Å². The van der Waals surface area contributed by atoms with Gasteiger partial charge in [0.1, 0.15) is 11.6 Å². The van der Waals surface area contributed by atoms with Gasteiger partial charge in [0.2, 0.25) is 5.95 Å². The summed E-state index contributed by atoms with van der Waals surface area (Å²) in [6, 6.07) is 15.1. The summed E-state index contributed by atoms with van der Waals surface area (Å²) in [4.78, 5) is 14.1. The molecule has 0 spiro atoms. The molecule has 0 unspecified atom stereocenters. The van der Waals surface area contributed by atoms with E-state index in [4.69, 9.17) is 4.98 Å². The van der Waals surface area contributed by atoms with Crippen molar-refractivity contribution < 1.29 is 5.11 Å². The second-order valence-corrected chi connectivity index (χ2v) is 6.35. The van der Waals surface area contributed by atoms with E-state index in [9.17, 15) is 5.11 Å². The molecule has 1 aliphatic rings. The number of likely N-dealkylation sites (N-methyl/N-ethyl adjacent to an activating group) is 1. The minimum atomic E-state index is 0.213. The summed E-state index contributed by atoms with van der Waals surface area (Å²) in [7, 11) is 2.14. The Hall–Kier alpha value is -2.86. The van der Waals surface area contributed by atoms with Crippen molar-refractivity contribution in [1.29, 1.82) is 0 Å². The van der Waals surface area contributed by atoms with Crippen molar-refractivity contribution in [3.8, 4) is 5.75 Å². The first-order chi connectivity index (χ1) is 12.2. The minimum absolute atomic E-state index is 0.213. The fraction of sp³-hybridized carbons (Fsp3) is 0.263. The SMILES string of the molecule is CN1CCN(c2nc(Nc3cccc(O)c3)nc3ccccc23)CC1. The van der Waals surface area contributed by atoms with Crippen molar-refractivity contribution in [2.45, 2.75) is 0 Å². The van der Waals surface area contributed by atoms with Gasteiger partial charge in [0, 0.05) is 43.3 Å². The zero-order valence-electron chi connectivity index (χ0n) is 14.2. The van der Waals surface area contributed by atoms with E-state index < -0.39 is 0 Å². The summed E-state index contributed by atoms with van der Waals surface area (Å²) >= 11 is 0. The van der Waals surface area contributed by atoms with Gasteiger partial charge in [-0.2, -0.15) is 4.98 Å². The van der Waals surface area contributed by atoms with Gasteiger partial charge in [-0.05, 0) is 31.3 Å². The van der Waals surface area contributed by atoms with Gasteiger partial charge in [-0.1, -0.05) is 18.2 Å². The summed E-state index contributed by atoms with van der Waals surface area (Å²) in [5, 5.41) is 13.9. The van der Waals surface area contributed by atoms with Crippen LogP contribution in [-0.2, 0) is 0 Å². The predicted octanol–water partition coefficient (Wildman–Crippen LogP) is 2.83. The number of nitrogens with zero attached hydrogens (tertiary/aromatic N) is 4. The van der Waals surface area contributed by atoms with Crippen LogP contribution < -0.4 is 10.2 Å². The number of anilines is 3. The standard InChI is InChI=1S/C19H21N5O/c1-23-9-11-24(12-10-23)18-16-7-2-3-8-17(16)21-19(22-18)20-14-5-4-6-15(25)13-14/h2-8,13,25H,9-12H2,1H3,(H,20,21,22). The highest BCUT2D eigenvalue weighted by Crippen LogP contribution is 2.27. The molecule has 1 aromatic heterocycles. The first-order valence-corrected chi connectivity index (χ1v) is 8.45. The number of aromatic nitrogens is 2. The lowest BCUT2D eigenvalue weighted by Gasteiger charge is -2.33. The van der Waals surface area contributed by atoms with Gasteiger partial charge in [0.15, 0.2) is 0 Å². The Morgan fingerprint density at radius 1 is 0.960 bits per heavy atom. The second-order valence-electron chi connectivity index (χ2n) is 6.35. The van der Waals surface area contributed by atoms with Gasteiger partial charge in [0.25, 0.3) is 0 Å². The first kappa shape index (κ1) is 15.7. The maximum atomic E-state index is 9.65. The zero-order valence-corrected chi connectivity index (χ0v) is 14.2. The molecule has 0 saturated carbocycles. The fourth-order valence-electron chi connectivity index (χ4n) is 3.09. The lowest BCUT2D eigenvalue weighted by Crippen LogP contribution is -2.45. The summed E-state index contributed by atoms with van der Waals surface area (Å²) in [6.07, 6.45) is 0. The minimum Gasteiger partial charge on any atom is -0.508 e. The molecule has 0 aliphatic carbocycles. The average molecular weight is 335 g/mol. The third-order valence-electron chi connectivity index (χ3n) is 4.49. The topological polar surface area (TPSA) is 64.5 Å². The quantitative estimate of drug-likeness (QED) is 0.767. The highest BCUT2D eigenvalue weighted by Gasteiger charge is 2.19. The monoisotopic (exact) mass is 335 g/mol. The van der Waals surface area contributed by atoms with Crippen LogP contribution in [0.2, 0.25) is 0 Å². The number of benzene rings is 2. The van der Waals surface area contributed by atoms with Gasteiger partial charge in [0.05, 0.1) is 5.52 Å². The number of para-hydroxylation sites is 1. The van der Waals surface area contributed by atoms with Crippen LogP contribution in [0.3, 0.4) is 0 Å². The third-order valence-corrected chi connectivity index (χ3v) is 4.49. The molecule has 2 aromatic carbocycles. The van der Waals surface area contributed by atoms with Gasteiger partial charge in [-0.15, -0.1) is 0 Å². The maximum Gasteiger partial charge on any atom is 0.229 e. The van der Waals surface area contributed by atoms with Crippen LogP contribution in [0, 0.1) is 0 Å². The number of nitrogens with one attached hydrogen (secondary N) is 1. The van der Waals surface area contributed by atoms with Gasteiger partial charge in [-0.3, -0.25) is 0 Å². The summed E-state index contributed by atoms with van der Waals surface area (Å²) < 4.78 is 0. The molecule has 1 aliphatic heterocycles. The van der Waals surface area contributed by atoms with Crippen molar-refractivity contribution >= 4 is 28.4 Å². The lowest BCUT2D eigenvalue weighted by molar-refractivity contribution is 0.312. The number of hydrogen-bond donors (Lipinski definition) is 2. The Bertz CT molecular complexity index is 890. The van der Waals surface area contributed by atoms with Gasteiger partial charge >= 0.3 is 0 Å². The molecule has 6 heteroatoms. The van der Waals surface area contributed by atoms with E-state index in [0.717, 1.165) is 48.6 Å². The molecule has 1 saturated heterocycles. The van der Waals surface area contributed by atoms with E-state index in [2.05, 4.69) is 33.2 Å². The molecule has 2 N–H and O–H groups in total. The molecule has 2 heterocycles. The summed E-state index contributed by atoms with van der Waals surface area (Å²) in [5.74, 6) is 1.71. The predicted molar refractivity (Wildman–Crippen MR) is 101 cm³/mol. The molecule has 25 heavy (non-hydrogen) atoms. The second kappa shape index (κ2) is 6.57. The number of piperazine rings is 1. The fourth-order valence-corrected chi connectivity index (χ4v) is 3.09. The van der Waals surface area contributed by atoms with Crippen molar-refractivity contribution in [1.82, 2.24) is 14.9 Å². The number of phenolic OH excluding ortho intramolecular Hbond substituents is 1. The average Bonchev–Trinajstić information content (AvgIpc) is 2.62. The molecule has 128 valence electrons. The highest BCUT2D eigenvalue weighted by molar-refractivity contribution is 5.90. The number of fused-ring (bicyclic) bond motifs is 1. The van der Waals surface area contributed by atoms with Crippen LogP contribution >= 0.6 is 0 Å². The lowest BCUT2D eigenvalue weighted by atomic mass is 10.2. The molecule has 3 aromatic rings. The zero-order chi connectivity index (χ0) is 17.2. The Morgan fingerprint density at radius 3 is 2.56 bits per heavy atom.